The number of rotatable bonds is 5. The van der Waals surface area contributed by atoms with Crippen molar-refractivity contribution in [2.45, 2.75) is 46.3 Å². The van der Waals surface area contributed by atoms with Gasteiger partial charge in [0.05, 0.1) is 11.7 Å². The van der Waals surface area contributed by atoms with Crippen LogP contribution in [0.15, 0.2) is 18.3 Å². The van der Waals surface area contributed by atoms with Crippen molar-refractivity contribution in [1.29, 1.82) is 0 Å². The van der Waals surface area contributed by atoms with Crippen LogP contribution in [0.1, 0.15) is 11.1 Å². The Labute approximate surface area is 116 Å². The summed E-state index contributed by atoms with van der Waals surface area (Å²) in [7, 11) is -1.00. The topological polar surface area (TPSA) is 27.1 Å². The van der Waals surface area contributed by atoms with Gasteiger partial charge in [0.25, 0.3) is 0 Å². The number of hydrogen-bond acceptors (Lipinski definition) is 2. The van der Waals surface area contributed by atoms with E-state index in [-0.39, 0.29) is 0 Å². The fraction of sp³-hybridized carbons (Fsp3) is 0.533. The number of fused-ring (bicyclic) bond motifs is 1. The van der Waals surface area contributed by atoms with Crippen molar-refractivity contribution < 1.29 is 4.74 Å². The molecule has 0 fully saturated rings. The lowest BCUT2D eigenvalue weighted by atomic mass is 10.1. The average molecular weight is 276 g/mol. The van der Waals surface area contributed by atoms with E-state index in [1.165, 1.54) is 22.6 Å². The van der Waals surface area contributed by atoms with Crippen LogP contribution in [0.5, 0.6) is 0 Å². The van der Waals surface area contributed by atoms with Gasteiger partial charge < -0.3 is 4.74 Å². The number of benzene rings is 1. The van der Waals surface area contributed by atoms with E-state index in [9.17, 15) is 0 Å². The molecule has 2 rings (SSSR count). The molecule has 0 aliphatic heterocycles. The van der Waals surface area contributed by atoms with Crippen molar-refractivity contribution in [3.05, 3.63) is 29.5 Å². The van der Waals surface area contributed by atoms with Crippen LogP contribution < -0.4 is 0 Å². The number of ether oxygens (including phenoxy) is 1. The second-order valence-corrected chi connectivity index (χ2v) is 12.1. The molecule has 104 valence electrons. The molecule has 0 spiro atoms. The van der Waals surface area contributed by atoms with Crippen molar-refractivity contribution in [2.24, 2.45) is 0 Å². The third kappa shape index (κ3) is 3.45. The molecule has 0 unspecified atom stereocenters. The zero-order valence-electron chi connectivity index (χ0n) is 12.7. The number of aryl methyl sites for hydroxylation is 2. The lowest BCUT2D eigenvalue weighted by Crippen LogP contribution is -2.22. The fourth-order valence-electron chi connectivity index (χ4n) is 2.03. The summed E-state index contributed by atoms with van der Waals surface area (Å²) in [5.41, 5.74) is 3.79. The molecule has 0 bridgehead atoms. The Kier molecular flexibility index (Phi) is 4.11. The maximum Gasteiger partial charge on any atom is 0.139 e. The van der Waals surface area contributed by atoms with Crippen molar-refractivity contribution in [2.75, 3.05) is 6.61 Å². The monoisotopic (exact) mass is 276 g/mol. The smallest absolute Gasteiger partial charge is 0.139 e. The van der Waals surface area contributed by atoms with Crippen molar-refractivity contribution >= 4 is 19.0 Å². The predicted octanol–water partition coefficient (Wildman–Crippen LogP) is 3.97. The summed E-state index contributed by atoms with van der Waals surface area (Å²) in [6.07, 6.45) is 1.94. The highest BCUT2D eigenvalue weighted by Crippen LogP contribution is 2.21. The minimum Gasteiger partial charge on any atom is -0.360 e. The molecule has 0 aliphatic rings. The van der Waals surface area contributed by atoms with E-state index in [0.717, 1.165) is 12.1 Å². The maximum atomic E-state index is 5.77. The van der Waals surface area contributed by atoms with Crippen LogP contribution in [-0.2, 0) is 11.5 Å². The SMILES string of the molecule is Cc1ccc2c(cnn2COCC[Si](C)(C)C)c1C. The van der Waals surface area contributed by atoms with E-state index >= 15 is 0 Å². The second kappa shape index (κ2) is 5.47. The Bertz CT molecular complexity index is 569. The first-order chi connectivity index (χ1) is 8.88. The summed E-state index contributed by atoms with van der Waals surface area (Å²) in [6, 6.07) is 5.48. The van der Waals surface area contributed by atoms with Crippen LogP contribution in [0.4, 0.5) is 0 Å². The normalized spacial score (nSPS) is 12.3. The molecular weight excluding hydrogens is 252 g/mol. The standard InChI is InChI=1S/C15H24N2OSi/c1-12-6-7-15-14(13(12)2)10-16-17(15)11-18-8-9-19(3,4)5/h6-7,10H,8-9,11H2,1-5H3. The highest BCUT2D eigenvalue weighted by atomic mass is 28.3. The van der Waals surface area contributed by atoms with Crippen LogP contribution >= 0.6 is 0 Å². The number of nitrogens with zero attached hydrogens (tertiary/aromatic N) is 2. The molecular formula is C15H24N2OSi. The molecule has 3 nitrogen and oxygen atoms in total. The number of hydrogen-bond donors (Lipinski definition) is 0. The Hall–Kier alpha value is -1.13. The largest absolute Gasteiger partial charge is 0.360 e. The molecule has 0 atom stereocenters. The molecule has 2 aromatic rings. The van der Waals surface area contributed by atoms with Gasteiger partial charge in [-0.1, -0.05) is 25.7 Å². The van der Waals surface area contributed by atoms with Crippen LogP contribution in [0.2, 0.25) is 25.7 Å². The summed E-state index contributed by atoms with van der Waals surface area (Å²) in [4.78, 5) is 0. The molecule has 0 aliphatic carbocycles. The van der Waals surface area contributed by atoms with Gasteiger partial charge in [0.2, 0.25) is 0 Å². The van der Waals surface area contributed by atoms with E-state index < -0.39 is 8.07 Å². The molecule has 1 aromatic heterocycles. The minimum absolute atomic E-state index is 0.552. The quantitative estimate of drug-likeness (QED) is 0.610. The average Bonchev–Trinajstić information content (AvgIpc) is 2.72. The summed E-state index contributed by atoms with van der Waals surface area (Å²) in [6.45, 7) is 12.8. The van der Waals surface area contributed by atoms with Gasteiger partial charge in [-0.2, -0.15) is 5.10 Å². The Balaban J connectivity index is 2.04. The van der Waals surface area contributed by atoms with Crippen LogP contribution in [0.3, 0.4) is 0 Å². The van der Waals surface area contributed by atoms with Crippen LogP contribution in [-0.4, -0.2) is 24.5 Å². The van der Waals surface area contributed by atoms with Crippen LogP contribution in [0.25, 0.3) is 10.9 Å². The minimum atomic E-state index is -1.00. The molecule has 4 heteroatoms. The van der Waals surface area contributed by atoms with Gasteiger partial charge in [-0.15, -0.1) is 0 Å². The van der Waals surface area contributed by atoms with Gasteiger partial charge in [0.1, 0.15) is 6.73 Å². The highest BCUT2D eigenvalue weighted by molar-refractivity contribution is 6.76. The molecule has 1 heterocycles. The highest BCUT2D eigenvalue weighted by Gasteiger charge is 2.12. The summed E-state index contributed by atoms with van der Waals surface area (Å²) in [5.74, 6) is 0. The van der Waals surface area contributed by atoms with E-state index in [2.05, 4.69) is 50.7 Å². The van der Waals surface area contributed by atoms with Gasteiger partial charge in [0.15, 0.2) is 0 Å². The van der Waals surface area contributed by atoms with Crippen molar-refractivity contribution in [3.8, 4) is 0 Å². The Morgan fingerprint density at radius 2 is 1.95 bits per heavy atom. The van der Waals surface area contributed by atoms with Crippen molar-refractivity contribution in [3.63, 3.8) is 0 Å². The maximum absolute atomic E-state index is 5.77. The zero-order chi connectivity index (χ0) is 14.0. The molecule has 0 N–H and O–H groups in total. The first-order valence-corrected chi connectivity index (χ1v) is 10.6. The Morgan fingerprint density at radius 3 is 2.63 bits per heavy atom. The van der Waals surface area contributed by atoms with Crippen LogP contribution in [0, 0.1) is 13.8 Å². The fourth-order valence-corrected chi connectivity index (χ4v) is 2.79. The lowest BCUT2D eigenvalue weighted by molar-refractivity contribution is 0.0817. The van der Waals surface area contributed by atoms with Crippen molar-refractivity contribution in [1.82, 2.24) is 9.78 Å². The zero-order valence-corrected chi connectivity index (χ0v) is 13.7. The van der Waals surface area contributed by atoms with E-state index in [1.807, 2.05) is 10.9 Å². The molecule has 0 saturated carbocycles. The predicted molar refractivity (Wildman–Crippen MR) is 83.3 cm³/mol. The van der Waals surface area contributed by atoms with Gasteiger partial charge in [0, 0.05) is 20.1 Å². The van der Waals surface area contributed by atoms with Gasteiger partial charge in [-0.25, -0.2) is 4.68 Å². The van der Waals surface area contributed by atoms with Gasteiger partial charge in [-0.3, -0.25) is 0 Å². The first kappa shape index (κ1) is 14.3. The second-order valence-electron chi connectivity index (χ2n) is 6.43. The summed E-state index contributed by atoms with van der Waals surface area (Å²) < 4.78 is 7.72. The van der Waals surface area contributed by atoms with E-state index in [4.69, 9.17) is 4.74 Å². The van der Waals surface area contributed by atoms with E-state index in [0.29, 0.717) is 6.73 Å². The summed E-state index contributed by atoms with van der Waals surface area (Å²) >= 11 is 0. The first-order valence-electron chi connectivity index (χ1n) is 6.88. The molecule has 0 saturated heterocycles. The molecule has 1 aromatic carbocycles. The van der Waals surface area contributed by atoms with Gasteiger partial charge in [-0.05, 0) is 37.1 Å². The lowest BCUT2D eigenvalue weighted by Gasteiger charge is -2.15. The van der Waals surface area contributed by atoms with Gasteiger partial charge >= 0.3 is 0 Å². The molecule has 0 radical (unpaired) electrons. The Morgan fingerprint density at radius 1 is 1.21 bits per heavy atom. The third-order valence-electron chi connectivity index (χ3n) is 3.58. The van der Waals surface area contributed by atoms with E-state index in [1.54, 1.807) is 0 Å². The third-order valence-corrected chi connectivity index (χ3v) is 5.28. The number of aromatic nitrogens is 2. The molecule has 19 heavy (non-hydrogen) atoms. The molecule has 0 amide bonds. The summed E-state index contributed by atoms with van der Waals surface area (Å²) in [5, 5.41) is 5.66.